The molecule has 1 aliphatic rings. The summed E-state index contributed by atoms with van der Waals surface area (Å²) in [5.41, 5.74) is 1.02. The lowest BCUT2D eigenvalue weighted by Gasteiger charge is -2.22. The Labute approximate surface area is 145 Å². The average molecular weight is 347 g/mol. The number of hydrogen-bond acceptors (Lipinski definition) is 5. The van der Waals surface area contributed by atoms with E-state index in [-0.39, 0.29) is 17.0 Å². The Bertz CT molecular complexity index is 728. The van der Waals surface area contributed by atoms with Crippen molar-refractivity contribution in [1.82, 2.24) is 4.90 Å². The number of benzene rings is 1. The van der Waals surface area contributed by atoms with E-state index in [2.05, 4.69) is 0 Å². The highest BCUT2D eigenvalue weighted by molar-refractivity contribution is 8.00. The molecule has 1 amide bonds. The molecule has 2 aromatic rings. The van der Waals surface area contributed by atoms with E-state index in [0.717, 1.165) is 23.5 Å². The summed E-state index contributed by atoms with van der Waals surface area (Å²) in [7, 11) is 1.53. The normalized spacial score (nSPS) is 17.5. The Morgan fingerprint density at radius 3 is 2.92 bits per heavy atom. The van der Waals surface area contributed by atoms with E-state index in [9.17, 15) is 9.90 Å². The van der Waals surface area contributed by atoms with Crippen molar-refractivity contribution in [3.63, 3.8) is 0 Å². The fourth-order valence-electron chi connectivity index (χ4n) is 2.78. The lowest BCUT2D eigenvalue weighted by atomic mass is 10.1. The lowest BCUT2D eigenvalue weighted by Crippen LogP contribution is -2.30. The summed E-state index contributed by atoms with van der Waals surface area (Å²) < 4.78 is 11.0. The number of rotatable bonds is 6. The number of thioether (sulfide) groups is 1. The van der Waals surface area contributed by atoms with Crippen molar-refractivity contribution >= 4 is 17.7 Å². The summed E-state index contributed by atoms with van der Waals surface area (Å²) in [6.07, 6.45) is 1.54. The highest BCUT2D eigenvalue weighted by Crippen LogP contribution is 2.39. The molecule has 24 heavy (non-hydrogen) atoms. The molecule has 1 fully saturated rings. The summed E-state index contributed by atoms with van der Waals surface area (Å²) >= 11 is 1.60. The van der Waals surface area contributed by atoms with Crippen LogP contribution in [0.1, 0.15) is 29.4 Å². The number of methoxy groups -OCH3 is 1. The minimum absolute atomic E-state index is 0.0585. The molecule has 0 saturated carbocycles. The first kappa shape index (κ1) is 16.8. The number of amides is 1. The smallest absolute Gasteiger partial charge is 0.233 e. The molecule has 1 saturated heterocycles. The van der Waals surface area contributed by atoms with Gasteiger partial charge in [-0.1, -0.05) is 13.0 Å². The Morgan fingerprint density at radius 2 is 2.21 bits per heavy atom. The maximum Gasteiger partial charge on any atom is 0.233 e. The summed E-state index contributed by atoms with van der Waals surface area (Å²) in [6.45, 7) is 2.65. The monoisotopic (exact) mass is 347 g/mol. The third-order valence-electron chi connectivity index (χ3n) is 4.13. The molecule has 0 spiro atoms. The van der Waals surface area contributed by atoms with Crippen LogP contribution in [-0.2, 0) is 17.6 Å². The van der Waals surface area contributed by atoms with Crippen LogP contribution in [0.25, 0.3) is 0 Å². The van der Waals surface area contributed by atoms with Gasteiger partial charge >= 0.3 is 0 Å². The van der Waals surface area contributed by atoms with Crippen LogP contribution in [0.4, 0.5) is 0 Å². The molecular weight excluding hydrogens is 326 g/mol. The second-order valence-electron chi connectivity index (χ2n) is 5.66. The van der Waals surface area contributed by atoms with Crippen molar-refractivity contribution in [1.29, 1.82) is 0 Å². The molecule has 0 radical (unpaired) electrons. The van der Waals surface area contributed by atoms with Crippen molar-refractivity contribution in [3.05, 3.63) is 47.4 Å². The number of carbonyl (C=O) groups is 1. The topological polar surface area (TPSA) is 62.9 Å². The van der Waals surface area contributed by atoms with Gasteiger partial charge in [0.15, 0.2) is 11.5 Å². The van der Waals surface area contributed by atoms with Gasteiger partial charge < -0.3 is 19.2 Å². The van der Waals surface area contributed by atoms with Crippen molar-refractivity contribution in [2.45, 2.75) is 25.1 Å². The Morgan fingerprint density at radius 1 is 1.38 bits per heavy atom. The number of carbonyl (C=O) groups excluding carboxylic acids is 1. The van der Waals surface area contributed by atoms with E-state index in [4.69, 9.17) is 9.15 Å². The van der Waals surface area contributed by atoms with Crippen LogP contribution in [0.5, 0.6) is 11.5 Å². The van der Waals surface area contributed by atoms with Crippen LogP contribution in [0.3, 0.4) is 0 Å². The summed E-state index contributed by atoms with van der Waals surface area (Å²) in [4.78, 5) is 14.1. The van der Waals surface area contributed by atoms with E-state index in [1.165, 1.54) is 7.11 Å². The maximum atomic E-state index is 12.2. The largest absolute Gasteiger partial charge is 0.504 e. The molecule has 2 heterocycles. The average Bonchev–Trinajstić information content (AvgIpc) is 3.20. The molecule has 3 rings (SSSR count). The zero-order chi connectivity index (χ0) is 17.1. The van der Waals surface area contributed by atoms with Gasteiger partial charge in [0.05, 0.1) is 12.9 Å². The quantitative estimate of drug-likeness (QED) is 0.868. The van der Waals surface area contributed by atoms with Gasteiger partial charge in [-0.15, -0.1) is 11.8 Å². The molecule has 128 valence electrons. The Kier molecular flexibility index (Phi) is 5.04. The van der Waals surface area contributed by atoms with E-state index in [1.54, 1.807) is 23.9 Å². The molecular formula is C18H21NO4S. The van der Waals surface area contributed by atoms with Crippen LogP contribution >= 0.6 is 11.8 Å². The van der Waals surface area contributed by atoms with Gasteiger partial charge in [-0.05, 0) is 36.2 Å². The standard InChI is InChI=1S/C18H21NO4S/c1-3-13-5-7-15(23-13)18-19(17(21)11-24-18)9-8-12-4-6-14(20)16(10-12)22-2/h4-7,10,18,20H,3,8-9,11H2,1-2H3. The third-order valence-corrected chi connectivity index (χ3v) is 5.34. The molecule has 1 atom stereocenters. The van der Waals surface area contributed by atoms with Crippen LogP contribution < -0.4 is 4.74 Å². The van der Waals surface area contributed by atoms with Crippen molar-refractivity contribution in [2.75, 3.05) is 19.4 Å². The number of aryl methyl sites for hydroxylation is 1. The molecule has 0 aliphatic carbocycles. The van der Waals surface area contributed by atoms with Crippen LogP contribution in [0, 0.1) is 0 Å². The lowest BCUT2D eigenvalue weighted by molar-refractivity contribution is -0.128. The first-order valence-corrected chi connectivity index (χ1v) is 9.02. The SMILES string of the molecule is CCc1ccc(C2SCC(=O)N2CCc2ccc(O)c(OC)c2)o1. The first-order chi connectivity index (χ1) is 11.6. The molecule has 5 nitrogen and oxygen atoms in total. The van der Waals surface area contributed by atoms with Crippen LogP contribution in [0.2, 0.25) is 0 Å². The molecule has 1 unspecified atom stereocenters. The van der Waals surface area contributed by atoms with Crippen molar-refractivity contribution in [2.24, 2.45) is 0 Å². The van der Waals surface area contributed by atoms with Crippen LogP contribution in [-0.4, -0.2) is 35.3 Å². The van der Waals surface area contributed by atoms with Gasteiger partial charge in [0.2, 0.25) is 5.91 Å². The van der Waals surface area contributed by atoms with E-state index in [0.29, 0.717) is 24.5 Å². The number of ether oxygens (including phenoxy) is 1. The Balaban J connectivity index is 1.71. The predicted molar refractivity (Wildman–Crippen MR) is 93.4 cm³/mol. The van der Waals surface area contributed by atoms with Gasteiger partial charge in [0.25, 0.3) is 0 Å². The van der Waals surface area contributed by atoms with Gasteiger partial charge in [-0.25, -0.2) is 0 Å². The minimum atomic E-state index is -0.0585. The highest BCUT2D eigenvalue weighted by Gasteiger charge is 2.34. The fourth-order valence-corrected chi connectivity index (χ4v) is 3.94. The zero-order valence-electron chi connectivity index (χ0n) is 13.8. The van der Waals surface area contributed by atoms with E-state index in [1.807, 2.05) is 30.0 Å². The molecule has 1 aromatic carbocycles. The third kappa shape index (κ3) is 3.38. The zero-order valence-corrected chi connectivity index (χ0v) is 14.6. The predicted octanol–water partition coefficient (Wildman–Crippen LogP) is 3.37. The molecule has 6 heteroatoms. The number of aromatic hydroxyl groups is 1. The summed E-state index contributed by atoms with van der Waals surface area (Å²) in [6, 6.07) is 9.21. The Hall–Kier alpha value is -2.08. The summed E-state index contributed by atoms with van der Waals surface area (Å²) in [5.74, 6) is 2.95. The number of phenolic OH excluding ortho intramolecular Hbond substituents is 1. The summed E-state index contributed by atoms with van der Waals surface area (Å²) in [5, 5.41) is 9.61. The van der Waals surface area contributed by atoms with Crippen molar-refractivity contribution in [3.8, 4) is 11.5 Å². The molecule has 1 N–H and O–H groups in total. The number of nitrogens with zero attached hydrogens (tertiary/aromatic N) is 1. The number of phenols is 1. The maximum absolute atomic E-state index is 12.2. The number of hydrogen-bond donors (Lipinski definition) is 1. The van der Waals surface area contributed by atoms with Gasteiger partial charge in [0.1, 0.15) is 16.9 Å². The van der Waals surface area contributed by atoms with Gasteiger partial charge in [-0.3, -0.25) is 4.79 Å². The van der Waals surface area contributed by atoms with E-state index < -0.39 is 0 Å². The molecule has 1 aromatic heterocycles. The van der Waals surface area contributed by atoms with Crippen LogP contribution in [0.15, 0.2) is 34.7 Å². The second-order valence-corrected chi connectivity index (χ2v) is 6.73. The molecule has 1 aliphatic heterocycles. The fraction of sp³-hybridized carbons (Fsp3) is 0.389. The minimum Gasteiger partial charge on any atom is -0.504 e. The van der Waals surface area contributed by atoms with Crippen molar-refractivity contribution < 1.29 is 19.1 Å². The first-order valence-electron chi connectivity index (χ1n) is 7.98. The van der Waals surface area contributed by atoms with Gasteiger partial charge in [0, 0.05) is 13.0 Å². The highest BCUT2D eigenvalue weighted by atomic mass is 32.2. The molecule has 0 bridgehead atoms. The van der Waals surface area contributed by atoms with E-state index >= 15 is 0 Å². The van der Waals surface area contributed by atoms with Gasteiger partial charge in [-0.2, -0.15) is 0 Å². The second kappa shape index (κ2) is 7.21. The number of furan rings is 1.